The summed E-state index contributed by atoms with van der Waals surface area (Å²) >= 11 is 9.90. The molecule has 1 atom stereocenters. The van der Waals surface area contributed by atoms with Gasteiger partial charge >= 0.3 is 0 Å². The molecule has 1 amide bonds. The summed E-state index contributed by atoms with van der Waals surface area (Å²) in [6.07, 6.45) is 3.55. The van der Waals surface area contributed by atoms with Crippen molar-refractivity contribution in [2.45, 2.75) is 18.5 Å². The number of fused-ring (bicyclic) bond motifs is 1. The molecular weight excluding hydrogens is 448 g/mol. The van der Waals surface area contributed by atoms with Gasteiger partial charge in [0.25, 0.3) is 0 Å². The Morgan fingerprint density at radius 3 is 2.82 bits per heavy atom. The van der Waals surface area contributed by atoms with Crippen LogP contribution in [-0.4, -0.2) is 44.1 Å². The number of nitrogens with two attached hydrogens (primary N) is 3. The Bertz CT molecular complexity index is 1090. The summed E-state index contributed by atoms with van der Waals surface area (Å²) in [5.74, 6) is -0.182. The van der Waals surface area contributed by atoms with Crippen molar-refractivity contribution < 1.29 is 4.79 Å². The Morgan fingerprint density at radius 2 is 2.11 bits per heavy atom. The molecule has 3 aromatic rings. The Balaban J connectivity index is 1.75. The number of imidazole rings is 1. The van der Waals surface area contributed by atoms with E-state index < -0.39 is 11.4 Å². The van der Waals surface area contributed by atoms with Crippen LogP contribution in [0, 0.1) is 0 Å². The Morgan fingerprint density at radius 1 is 1.32 bits per heavy atom. The van der Waals surface area contributed by atoms with Crippen LogP contribution in [0.5, 0.6) is 0 Å². The molecule has 4 rings (SSSR count). The first kappa shape index (κ1) is 18.9. The monoisotopic (exact) mass is 464 g/mol. The van der Waals surface area contributed by atoms with Crippen molar-refractivity contribution in [2.75, 3.05) is 23.7 Å². The SMILES string of the molecule is NC(=O)C1(N)CCN(c2cc(Cl)cc(Br)c2Cn2cnc3c(N)ncnc32)C1. The van der Waals surface area contributed by atoms with Crippen LogP contribution in [0.4, 0.5) is 11.5 Å². The molecule has 0 radical (unpaired) electrons. The minimum Gasteiger partial charge on any atom is -0.382 e. The van der Waals surface area contributed by atoms with E-state index in [0.717, 1.165) is 15.7 Å². The Kier molecular flexibility index (Phi) is 4.64. The highest BCUT2D eigenvalue weighted by atomic mass is 79.9. The lowest BCUT2D eigenvalue weighted by Crippen LogP contribution is -2.53. The summed E-state index contributed by atoms with van der Waals surface area (Å²) in [5.41, 5.74) is 19.5. The lowest BCUT2D eigenvalue weighted by Gasteiger charge is -2.25. The number of carbonyl (C=O) groups excluding carboxylic acids is 1. The van der Waals surface area contributed by atoms with E-state index in [-0.39, 0.29) is 0 Å². The third-order valence-corrected chi connectivity index (χ3v) is 5.95. The van der Waals surface area contributed by atoms with Crippen molar-refractivity contribution in [3.8, 4) is 0 Å². The smallest absolute Gasteiger partial charge is 0.239 e. The van der Waals surface area contributed by atoms with Crippen molar-refractivity contribution in [3.05, 3.63) is 39.8 Å². The molecule has 1 unspecified atom stereocenters. The van der Waals surface area contributed by atoms with Crippen LogP contribution in [0.2, 0.25) is 5.02 Å². The van der Waals surface area contributed by atoms with Crippen LogP contribution in [0.25, 0.3) is 11.2 Å². The number of anilines is 2. The molecule has 2 aromatic heterocycles. The minimum atomic E-state index is -1.06. The number of primary amides is 1. The molecule has 1 aliphatic heterocycles. The maximum Gasteiger partial charge on any atom is 0.239 e. The second-order valence-corrected chi connectivity index (χ2v) is 8.17. The van der Waals surface area contributed by atoms with E-state index in [1.54, 1.807) is 6.33 Å². The van der Waals surface area contributed by atoms with Gasteiger partial charge < -0.3 is 26.7 Å². The van der Waals surface area contributed by atoms with Crippen molar-refractivity contribution in [2.24, 2.45) is 11.5 Å². The number of rotatable bonds is 4. The average Bonchev–Trinajstić information content (AvgIpc) is 3.23. The summed E-state index contributed by atoms with van der Waals surface area (Å²) in [5, 5.41) is 0.571. The van der Waals surface area contributed by atoms with Crippen LogP contribution < -0.4 is 22.1 Å². The first-order valence-electron chi connectivity index (χ1n) is 8.51. The van der Waals surface area contributed by atoms with E-state index in [4.69, 9.17) is 28.8 Å². The van der Waals surface area contributed by atoms with Gasteiger partial charge in [0.1, 0.15) is 17.4 Å². The van der Waals surface area contributed by atoms with E-state index >= 15 is 0 Å². The molecule has 0 bridgehead atoms. The number of amides is 1. The highest BCUT2D eigenvalue weighted by molar-refractivity contribution is 9.10. The van der Waals surface area contributed by atoms with Gasteiger partial charge in [-0.1, -0.05) is 27.5 Å². The van der Waals surface area contributed by atoms with Crippen LogP contribution in [-0.2, 0) is 11.3 Å². The number of hydrogen-bond acceptors (Lipinski definition) is 7. The second-order valence-electron chi connectivity index (χ2n) is 6.88. The molecule has 9 nitrogen and oxygen atoms in total. The molecule has 0 aliphatic carbocycles. The molecule has 0 spiro atoms. The van der Waals surface area contributed by atoms with Gasteiger partial charge in [0.2, 0.25) is 5.91 Å². The number of halogens is 2. The average molecular weight is 466 g/mol. The topological polar surface area (TPSA) is 142 Å². The van der Waals surface area contributed by atoms with Gasteiger partial charge in [-0.2, -0.15) is 0 Å². The largest absolute Gasteiger partial charge is 0.382 e. The third-order valence-electron chi connectivity index (χ3n) is 5.03. The molecule has 6 N–H and O–H groups in total. The number of benzene rings is 1. The molecule has 1 saturated heterocycles. The van der Waals surface area contributed by atoms with E-state index in [1.807, 2.05) is 21.6 Å². The fraction of sp³-hybridized carbons (Fsp3) is 0.294. The fourth-order valence-corrected chi connectivity index (χ4v) is 4.37. The second kappa shape index (κ2) is 6.87. The lowest BCUT2D eigenvalue weighted by atomic mass is 10.00. The van der Waals surface area contributed by atoms with E-state index in [0.29, 0.717) is 48.1 Å². The zero-order valence-corrected chi connectivity index (χ0v) is 17.1. The lowest BCUT2D eigenvalue weighted by molar-refractivity contribution is -0.122. The summed E-state index contributed by atoms with van der Waals surface area (Å²) in [4.78, 5) is 26.3. The van der Waals surface area contributed by atoms with Gasteiger partial charge in [-0.25, -0.2) is 15.0 Å². The van der Waals surface area contributed by atoms with Gasteiger partial charge in [0, 0.05) is 33.8 Å². The third kappa shape index (κ3) is 3.17. The summed E-state index contributed by atoms with van der Waals surface area (Å²) in [6.45, 7) is 1.38. The molecule has 1 aromatic carbocycles. The molecule has 146 valence electrons. The predicted octanol–water partition coefficient (Wildman–Crippen LogP) is 1.27. The van der Waals surface area contributed by atoms with Crippen LogP contribution in [0.3, 0.4) is 0 Å². The standard InChI is InChI=1S/C17H18BrClN8O/c18-11-3-9(19)4-12(26-2-1-17(22,6-26)16(21)28)10(11)5-27-8-25-13-14(20)23-7-24-15(13)27/h3-4,7-8H,1-2,5-6,22H2,(H2,21,28)(H2,20,23,24). The zero-order chi connectivity index (χ0) is 20.1. The van der Waals surface area contributed by atoms with E-state index in [9.17, 15) is 4.79 Å². The maximum atomic E-state index is 11.8. The summed E-state index contributed by atoms with van der Waals surface area (Å²) < 4.78 is 2.71. The normalized spacial score (nSPS) is 19.5. The van der Waals surface area contributed by atoms with Crippen LogP contribution in [0.15, 0.2) is 29.3 Å². The molecule has 11 heteroatoms. The molecule has 28 heavy (non-hydrogen) atoms. The predicted molar refractivity (Wildman–Crippen MR) is 111 cm³/mol. The fourth-order valence-electron chi connectivity index (χ4n) is 3.45. The minimum absolute atomic E-state index is 0.321. The molecule has 1 aliphatic rings. The van der Waals surface area contributed by atoms with Crippen molar-refractivity contribution in [3.63, 3.8) is 0 Å². The van der Waals surface area contributed by atoms with Gasteiger partial charge in [-0.3, -0.25) is 4.79 Å². The summed E-state index contributed by atoms with van der Waals surface area (Å²) in [6, 6.07) is 3.68. The highest BCUT2D eigenvalue weighted by Gasteiger charge is 2.40. The number of nitrogen functional groups attached to an aromatic ring is 1. The van der Waals surface area contributed by atoms with Crippen LogP contribution >= 0.6 is 27.5 Å². The van der Waals surface area contributed by atoms with Crippen LogP contribution in [0.1, 0.15) is 12.0 Å². The van der Waals surface area contributed by atoms with Gasteiger partial charge in [-0.05, 0) is 18.6 Å². The molecule has 3 heterocycles. The Hall–Kier alpha value is -2.43. The van der Waals surface area contributed by atoms with Gasteiger partial charge in [0.15, 0.2) is 11.5 Å². The van der Waals surface area contributed by atoms with Crippen molar-refractivity contribution >= 4 is 56.1 Å². The first-order valence-corrected chi connectivity index (χ1v) is 9.68. The van der Waals surface area contributed by atoms with Gasteiger partial charge in [-0.15, -0.1) is 0 Å². The Labute approximate surface area is 174 Å². The zero-order valence-electron chi connectivity index (χ0n) is 14.8. The molecule has 0 saturated carbocycles. The summed E-state index contributed by atoms with van der Waals surface area (Å²) in [7, 11) is 0. The molecular formula is C17H18BrClN8O. The van der Waals surface area contributed by atoms with Gasteiger partial charge in [0.05, 0.1) is 12.9 Å². The van der Waals surface area contributed by atoms with Crippen molar-refractivity contribution in [1.29, 1.82) is 0 Å². The quantitative estimate of drug-likeness (QED) is 0.526. The van der Waals surface area contributed by atoms with Crippen molar-refractivity contribution in [1.82, 2.24) is 19.5 Å². The number of hydrogen-bond donors (Lipinski definition) is 3. The molecule has 1 fully saturated rings. The van der Waals surface area contributed by atoms with E-state index in [1.165, 1.54) is 6.33 Å². The highest BCUT2D eigenvalue weighted by Crippen LogP contribution is 2.36. The first-order chi connectivity index (χ1) is 13.3. The number of carbonyl (C=O) groups is 1. The number of nitrogens with zero attached hydrogens (tertiary/aromatic N) is 5. The van der Waals surface area contributed by atoms with E-state index in [2.05, 4.69) is 30.9 Å². The number of aromatic nitrogens is 4. The maximum absolute atomic E-state index is 11.8.